The van der Waals surface area contributed by atoms with Crippen molar-refractivity contribution in [2.45, 2.75) is 59.8 Å². The van der Waals surface area contributed by atoms with Gasteiger partial charge in [0.15, 0.2) is 0 Å². The van der Waals surface area contributed by atoms with E-state index in [9.17, 15) is 0 Å². The highest BCUT2D eigenvalue weighted by Crippen LogP contribution is 2.38. The zero-order chi connectivity index (χ0) is 13.1. The van der Waals surface area contributed by atoms with E-state index in [4.69, 9.17) is 4.74 Å². The van der Waals surface area contributed by atoms with Crippen LogP contribution in [0.15, 0.2) is 0 Å². The average molecular weight is 243 g/mol. The molecule has 1 N–H and O–H groups in total. The summed E-state index contributed by atoms with van der Waals surface area (Å²) in [4.78, 5) is 0. The molecule has 0 spiro atoms. The van der Waals surface area contributed by atoms with Crippen LogP contribution in [0.4, 0.5) is 0 Å². The molecule has 0 aliphatic carbocycles. The maximum atomic E-state index is 5.24. The summed E-state index contributed by atoms with van der Waals surface area (Å²) in [6.45, 7) is 12.3. The van der Waals surface area contributed by atoms with E-state index in [2.05, 4.69) is 33.0 Å². The molecule has 0 heterocycles. The molecule has 0 aliphatic heterocycles. The van der Waals surface area contributed by atoms with Crippen LogP contribution < -0.4 is 5.32 Å². The van der Waals surface area contributed by atoms with Crippen LogP contribution in [0.25, 0.3) is 0 Å². The summed E-state index contributed by atoms with van der Waals surface area (Å²) in [5.74, 6) is 0.734. The molecular weight excluding hydrogens is 210 g/mol. The first-order valence-electron chi connectivity index (χ1n) is 7.36. The fraction of sp³-hybridized carbons (Fsp3) is 1.00. The summed E-state index contributed by atoms with van der Waals surface area (Å²) in [6, 6.07) is 0. The van der Waals surface area contributed by atoms with E-state index < -0.39 is 0 Å². The molecule has 0 radical (unpaired) electrons. The van der Waals surface area contributed by atoms with Crippen molar-refractivity contribution < 1.29 is 4.74 Å². The first kappa shape index (κ1) is 16.9. The van der Waals surface area contributed by atoms with Crippen LogP contribution in [-0.2, 0) is 4.74 Å². The van der Waals surface area contributed by atoms with Gasteiger partial charge in [-0.15, -0.1) is 0 Å². The maximum Gasteiger partial charge on any atom is 0.0465 e. The van der Waals surface area contributed by atoms with Crippen LogP contribution in [-0.4, -0.2) is 26.8 Å². The van der Waals surface area contributed by atoms with Gasteiger partial charge in [0, 0.05) is 20.3 Å². The van der Waals surface area contributed by atoms with Gasteiger partial charge in [0.2, 0.25) is 0 Å². The summed E-state index contributed by atoms with van der Waals surface area (Å²) in [5, 5.41) is 3.57. The number of nitrogens with one attached hydrogen (secondary N) is 1. The van der Waals surface area contributed by atoms with Crippen molar-refractivity contribution >= 4 is 0 Å². The van der Waals surface area contributed by atoms with Crippen LogP contribution in [0.3, 0.4) is 0 Å². The Hall–Kier alpha value is -0.0800. The Morgan fingerprint density at radius 2 is 1.94 bits per heavy atom. The van der Waals surface area contributed by atoms with Crippen LogP contribution in [0, 0.1) is 11.3 Å². The van der Waals surface area contributed by atoms with Crippen molar-refractivity contribution in [3.8, 4) is 0 Å². The second kappa shape index (κ2) is 9.90. The zero-order valence-electron chi connectivity index (χ0n) is 12.6. The number of methoxy groups -OCH3 is 1. The maximum absolute atomic E-state index is 5.24. The molecule has 2 nitrogen and oxygen atoms in total. The average Bonchev–Trinajstić information content (AvgIpc) is 2.37. The topological polar surface area (TPSA) is 21.3 Å². The second-order valence-corrected chi connectivity index (χ2v) is 5.28. The molecule has 0 amide bonds. The first-order chi connectivity index (χ1) is 8.16. The Kier molecular flexibility index (Phi) is 9.85. The van der Waals surface area contributed by atoms with Gasteiger partial charge in [-0.2, -0.15) is 0 Å². The van der Waals surface area contributed by atoms with Gasteiger partial charge in [-0.3, -0.25) is 0 Å². The summed E-state index contributed by atoms with van der Waals surface area (Å²) >= 11 is 0. The van der Waals surface area contributed by atoms with E-state index in [1.54, 1.807) is 7.11 Å². The van der Waals surface area contributed by atoms with Crippen LogP contribution in [0.2, 0.25) is 0 Å². The SMILES string of the molecule is CCCCC(CC)(CNCC)C(C)CCOC. The standard InChI is InChI=1S/C15H33NO/c1-6-9-11-15(7-2,13-16-8-3)14(4)10-12-17-5/h14,16H,6-13H2,1-5H3. The lowest BCUT2D eigenvalue weighted by Crippen LogP contribution is -2.39. The van der Waals surface area contributed by atoms with E-state index in [1.807, 2.05) is 0 Å². The van der Waals surface area contributed by atoms with E-state index >= 15 is 0 Å². The third-order valence-electron chi connectivity index (χ3n) is 4.26. The number of ether oxygens (including phenoxy) is 1. The molecular formula is C15H33NO. The molecule has 0 aromatic heterocycles. The Morgan fingerprint density at radius 3 is 2.41 bits per heavy atom. The van der Waals surface area contributed by atoms with Gasteiger partial charge in [-0.25, -0.2) is 0 Å². The Labute approximate surface area is 109 Å². The molecule has 0 bridgehead atoms. The third kappa shape index (κ3) is 5.87. The van der Waals surface area contributed by atoms with Gasteiger partial charge in [-0.05, 0) is 37.1 Å². The lowest BCUT2D eigenvalue weighted by molar-refractivity contribution is 0.0963. The third-order valence-corrected chi connectivity index (χ3v) is 4.26. The normalized spacial score (nSPS) is 16.8. The minimum Gasteiger partial charge on any atom is -0.385 e. The molecule has 0 aliphatic rings. The molecule has 2 heteroatoms. The predicted molar refractivity (Wildman–Crippen MR) is 76.4 cm³/mol. The highest BCUT2D eigenvalue weighted by molar-refractivity contribution is 4.85. The lowest BCUT2D eigenvalue weighted by atomic mass is 9.69. The molecule has 0 fully saturated rings. The van der Waals surface area contributed by atoms with Crippen molar-refractivity contribution in [3.05, 3.63) is 0 Å². The quantitative estimate of drug-likeness (QED) is 0.595. The van der Waals surface area contributed by atoms with Crippen LogP contribution in [0.1, 0.15) is 59.8 Å². The predicted octanol–water partition coefficient (Wildman–Crippen LogP) is 3.86. The summed E-state index contributed by atoms with van der Waals surface area (Å²) in [6.07, 6.45) is 6.43. The van der Waals surface area contributed by atoms with Gasteiger partial charge in [0.25, 0.3) is 0 Å². The number of hydrogen-bond donors (Lipinski definition) is 1. The van der Waals surface area contributed by atoms with Gasteiger partial charge in [-0.1, -0.05) is 40.5 Å². The van der Waals surface area contributed by atoms with E-state index in [1.165, 1.54) is 32.1 Å². The van der Waals surface area contributed by atoms with Gasteiger partial charge < -0.3 is 10.1 Å². The van der Waals surface area contributed by atoms with Crippen molar-refractivity contribution in [3.63, 3.8) is 0 Å². The molecule has 2 unspecified atom stereocenters. The fourth-order valence-electron chi connectivity index (χ4n) is 2.66. The van der Waals surface area contributed by atoms with Crippen LogP contribution >= 0.6 is 0 Å². The lowest BCUT2D eigenvalue weighted by Gasteiger charge is -2.39. The highest BCUT2D eigenvalue weighted by atomic mass is 16.5. The molecule has 0 aromatic carbocycles. The smallest absolute Gasteiger partial charge is 0.0465 e. The van der Waals surface area contributed by atoms with Gasteiger partial charge in [0.1, 0.15) is 0 Å². The molecule has 2 atom stereocenters. The minimum absolute atomic E-state index is 0.463. The minimum atomic E-state index is 0.463. The molecule has 17 heavy (non-hydrogen) atoms. The van der Waals surface area contributed by atoms with Crippen LogP contribution in [0.5, 0.6) is 0 Å². The zero-order valence-corrected chi connectivity index (χ0v) is 12.6. The van der Waals surface area contributed by atoms with Gasteiger partial charge >= 0.3 is 0 Å². The molecule has 0 saturated heterocycles. The molecule has 0 aromatic rings. The fourth-order valence-corrected chi connectivity index (χ4v) is 2.66. The Morgan fingerprint density at radius 1 is 1.24 bits per heavy atom. The van der Waals surface area contributed by atoms with E-state index in [0.29, 0.717) is 5.41 Å². The highest BCUT2D eigenvalue weighted by Gasteiger charge is 2.32. The Balaban J connectivity index is 4.50. The molecule has 104 valence electrons. The summed E-state index contributed by atoms with van der Waals surface area (Å²) in [7, 11) is 1.80. The first-order valence-corrected chi connectivity index (χ1v) is 7.36. The molecule has 0 saturated carbocycles. The monoisotopic (exact) mass is 243 g/mol. The van der Waals surface area contributed by atoms with Crippen molar-refractivity contribution in [2.24, 2.45) is 11.3 Å². The van der Waals surface area contributed by atoms with Gasteiger partial charge in [0.05, 0.1) is 0 Å². The van der Waals surface area contributed by atoms with Crippen molar-refractivity contribution in [1.29, 1.82) is 0 Å². The molecule has 0 rings (SSSR count). The number of hydrogen-bond acceptors (Lipinski definition) is 2. The van der Waals surface area contributed by atoms with E-state index in [0.717, 1.165) is 25.6 Å². The second-order valence-electron chi connectivity index (χ2n) is 5.28. The number of rotatable bonds is 11. The summed E-state index contributed by atoms with van der Waals surface area (Å²) < 4.78 is 5.24. The van der Waals surface area contributed by atoms with E-state index in [-0.39, 0.29) is 0 Å². The summed E-state index contributed by atoms with van der Waals surface area (Å²) in [5.41, 5.74) is 0.463. The van der Waals surface area contributed by atoms with Crippen molar-refractivity contribution in [1.82, 2.24) is 5.32 Å². The largest absolute Gasteiger partial charge is 0.385 e. The Bertz CT molecular complexity index is 162. The van der Waals surface area contributed by atoms with Crippen molar-refractivity contribution in [2.75, 3.05) is 26.8 Å². The number of unbranched alkanes of at least 4 members (excludes halogenated alkanes) is 1.